The van der Waals surface area contributed by atoms with E-state index < -0.39 is 0 Å². The predicted octanol–water partition coefficient (Wildman–Crippen LogP) is 3.85. The number of allylic oxidation sites excluding steroid dienone is 1. The van der Waals surface area contributed by atoms with Crippen molar-refractivity contribution in [2.24, 2.45) is 5.92 Å². The van der Waals surface area contributed by atoms with Crippen LogP contribution in [0.4, 0.5) is 11.4 Å². The number of nitrogen functional groups attached to an aromatic ring is 1. The number of hydrogen-bond donors (Lipinski definition) is 2. The number of carbonyl (C=O) groups excluding carboxylic acids is 1. The fourth-order valence-corrected chi connectivity index (χ4v) is 2.34. The molecule has 0 heterocycles. The molecule has 1 aromatic rings. The summed E-state index contributed by atoms with van der Waals surface area (Å²) < 4.78 is 4.97. The first-order valence-electron chi connectivity index (χ1n) is 7.47. The van der Waals surface area contributed by atoms with Crippen molar-refractivity contribution in [1.82, 2.24) is 0 Å². The fraction of sp³-hybridized carbons (Fsp3) is 0.471. The Balaban J connectivity index is 2.80. The number of nitrogens with one attached hydrogen (secondary N) is 1. The second-order valence-corrected chi connectivity index (χ2v) is 5.15. The molecule has 3 N–H and O–H groups in total. The lowest BCUT2D eigenvalue weighted by molar-refractivity contribution is 0.0526. The highest BCUT2D eigenvalue weighted by atomic mass is 16.5. The Labute approximate surface area is 127 Å². The van der Waals surface area contributed by atoms with Crippen LogP contribution in [0.1, 0.15) is 44.0 Å². The van der Waals surface area contributed by atoms with E-state index in [0.717, 1.165) is 18.5 Å². The summed E-state index contributed by atoms with van der Waals surface area (Å²) in [6.45, 7) is 10.2. The minimum absolute atomic E-state index is 0.281. The first-order valence-corrected chi connectivity index (χ1v) is 7.47. The average Bonchev–Trinajstić information content (AvgIpc) is 2.46. The van der Waals surface area contributed by atoms with Gasteiger partial charge in [0, 0.05) is 6.04 Å². The van der Waals surface area contributed by atoms with Gasteiger partial charge in [0.15, 0.2) is 0 Å². The molecule has 0 amide bonds. The van der Waals surface area contributed by atoms with Crippen LogP contribution < -0.4 is 11.1 Å². The van der Waals surface area contributed by atoms with Gasteiger partial charge in [-0.05, 0) is 44.4 Å². The van der Waals surface area contributed by atoms with Crippen LogP contribution in [0.5, 0.6) is 0 Å². The number of nitrogens with two attached hydrogens (primary N) is 1. The van der Waals surface area contributed by atoms with Crippen molar-refractivity contribution in [3.63, 3.8) is 0 Å². The van der Waals surface area contributed by atoms with Crippen molar-refractivity contribution in [3.05, 3.63) is 36.4 Å². The molecule has 0 saturated heterocycles. The molecular weight excluding hydrogens is 264 g/mol. The molecule has 2 unspecified atom stereocenters. The number of anilines is 2. The smallest absolute Gasteiger partial charge is 0.338 e. The van der Waals surface area contributed by atoms with Gasteiger partial charge in [-0.1, -0.05) is 19.4 Å². The fourth-order valence-electron chi connectivity index (χ4n) is 2.34. The standard InChI is InChI=1S/C17H26N2O2/c1-5-8-13(6-2)12(4)19-16-10-9-14(11-15(16)18)17(20)21-7-3/h5,9-13,19H,1,6-8,18H2,2-4H3. The van der Waals surface area contributed by atoms with Crippen molar-refractivity contribution in [2.45, 2.75) is 39.7 Å². The van der Waals surface area contributed by atoms with Crippen molar-refractivity contribution in [1.29, 1.82) is 0 Å². The van der Waals surface area contributed by atoms with Gasteiger partial charge in [-0.25, -0.2) is 4.79 Å². The van der Waals surface area contributed by atoms with Gasteiger partial charge < -0.3 is 15.8 Å². The number of benzene rings is 1. The zero-order valence-electron chi connectivity index (χ0n) is 13.2. The van der Waals surface area contributed by atoms with E-state index in [1.165, 1.54) is 0 Å². The van der Waals surface area contributed by atoms with Gasteiger partial charge in [-0.15, -0.1) is 6.58 Å². The van der Waals surface area contributed by atoms with Gasteiger partial charge in [-0.3, -0.25) is 0 Å². The van der Waals surface area contributed by atoms with Crippen molar-refractivity contribution < 1.29 is 9.53 Å². The van der Waals surface area contributed by atoms with E-state index in [4.69, 9.17) is 10.5 Å². The summed E-state index contributed by atoms with van der Waals surface area (Å²) in [4.78, 5) is 11.7. The summed E-state index contributed by atoms with van der Waals surface area (Å²) in [5.74, 6) is 0.161. The third kappa shape index (κ3) is 4.81. The number of carbonyl (C=O) groups is 1. The summed E-state index contributed by atoms with van der Waals surface area (Å²) in [7, 11) is 0. The maximum atomic E-state index is 11.7. The zero-order chi connectivity index (χ0) is 15.8. The molecule has 0 aliphatic heterocycles. The number of hydrogen-bond acceptors (Lipinski definition) is 4. The molecule has 4 heteroatoms. The SMILES string of the molecule is C=CCC(CC)C(C)Nc1ccc(C(=O)OCC)cc1N. The Bertz CT molecular complexity index is 486. The minimum atomic E-state index is -0.345. The Morgan fingerprint density at radius 2 is 2.19 bits per heavy atom. The molecule has 0 spiro atoms. The third-order valence-electron chi connectivity index (χ3n) is 3.65. The molecule has 0 aliphatic rings. The summed E-state index contributed by atoms with van der Waals surface area (Å²) in [5.41, 5.74) is 7.91. The lowest BCUT2D eigenvalue weighted by Gasteiger charge is -2.24. The minimum Gasteiger partial charge on any atom is -0.462 e. The molecular formula is C17H26N2O2. The highest BCUT2D eigenvalue weighted by Crippen LogP contribution is 2.24. The largest absolute Gasteiger partial charge is 0.462 e. The van der Waals surface area contributed by atoms with Crippen molar-refractivity contribution >= 4 is 17.3 Å². The summed E-state index contributed by atoms with van der Waals surface area (Å²) >= 11 is 0. The van der Waals surface area contributed by atoms with Gasteiger partial charge in [0.2, 0.25) is 0 Å². The molecule has 2 atom stereocenters. The quantitative estimate of drug-likeness (QED) is 0.433. The average molecular weight is 290 g/mol. The second kappa shape index (κ2) is 8.35. The lowest BCUT2D eigenvalue weighted by Crippen LogP contribution is -2.25. The molecule has 21 heavy (non-hydrogen) atoms. The molecule has 0 radical (unpaired) electrons. The van der Waals surface area contributed by atoms with Crippen molar-refractivity contribution in [3.8, 4) is 0 Å². The molecule has 116 valence electrons. The monoisotopic (exact) mass is 290 g/mol. The summed E-state index contributed by atoms with van der Waals surface area (Å²) in [5, 5.41) is 3.42. The van der Waals surface area contributed by atoms with Crippen LogP contribution in [0.15, 0.2) is 30.9 Å². The van der Waals surface area contributed by atoms with E-state index in [1.54, 1.807) is 19.1 Å². The number of ether oxygens (including phenoxy) is 1. The van der Waals surface area contributed by atoms with Gasteiger partial charge in [0.1, 0.15) is 0 Å². The van der Waals surface area contributed by atoms with Crippen LogP contribution in [0.2, 0.25) is 0 Å². The molecule has 0 aliphatic carbocycles. The third-order valence-corrected chi connectivity index (χ3v) is 3.65. The number of esters is 1. The Morgan fingerprint density at radius 3 is 2.71 bits per heavy atom. The molecule has 1 rings (SSSR count). The van der Waals surface area contributed by atoms with Gasteiger partial charge in [0.25, 0.3) is 0 Å². The first-order chi connectivity index (χ1) is 10.0. The molecule has 0 bridgehead atoms. The number of rotatable bonds is 8. The topological polar surface area (TPSA) is 64.3 Å². The van der Waals surface area contributed by atoms with Crippen LogP contribution in [0, 0.1) is 5.92 Å². The van der Waals surface area contributed by atoms with Crippen LogP contribution in [0.25, 0.3) is 0 Å². The molecule has 0 aromatic heterocycles. The Morgan fingerprint density at radius 1 is 1.48 bits per heavy atom. The first kappa shape index (κ1) is 17.1. The van der Waals surface area contributed by atoms with Crippen LogP contribution >= 0.6 is 0 Å². The van der Waals surface area contributed by atoms with E-state index in [0.29, 0.717) is 23.8 Å². The maximum absolute atomic E-state index is 11.7. The Kier molecular flexibility index (Phi) is 6.79. The molecule has 0 saturated carbocycles. The van der Waals surface area contributed by atoms with Gasteiger partial charge >= 0.3 is 5.97 Å². The summed E-state index contributed by atoms with van der Waals surface area (Å²) in [6, 6.07) is 5.50. The lowest BCUT2D eigenvalue weighted by atomic mass is 9.94. The highest BCUT2D eigenvalue weighted by Gasteiger charge is 2.15. The van der Waals surface area contributed by atoms with Crippen LogP contribution in [0.3, 0.4) is 0 Å². The van der Waals surface area contributed by atoms with Crippen molar-refractivity contribution in [2.75, 3.05) is 17.7 Å². The van der Waals surface area contributed by atoms with E-state index in [1.807, 2.05) is 12.1 Å². The zero-order valence-corrected chi connectivity index (χ0v) is 13.2. The predicted molar refractivity (Wildman–Crippen MR) is 88.5 cm³/mol. The molecule has 0 fully saturated rings. The van der Waals surface area contributed by atoms with E-state index in [2.05, 4.69) is 25.7 Å². The van der Waals surface area contributed by atoms with Crippen LogP contribution in [-0.4, -0.2) is 18.6 Å². The van der Waals surface area contributed by atoms with Gasteiger partial charge in [0.05, 0.1) is 23.5 Å². The highest BCUT2D eigenvalue weighted by molar-refractivity contribution is 5.91. The Hall–Kier alpha value is -1.97. The van der Waals surface area contributed by atoms with Crippen LogP contribution in [-0.2, 0) is 4.74 Å². The second-order valence-electron chi connectivity index (χ2n) is 5.15. The summed E-state index contributed by atoms with van der Waals surface area (Å²) in [6.07, 6.45) is 3.98. The molecule has 4 nitrogen and oxygen atoms in total. The normalized spacial score (nSPS) is 13.3. The van der Waals surface area contributed by atoms with E-state index in [9.17, 15) is 4.79 Å². The maximum Gasteiger partial charge on any atom is 0.338 e. The molecule has 1 aromatic carbocycles. The van der Waals surface area contributed by atoms with E-state index >= 15 is 0 Å². The van der Waals surface area contributed by atoms with E-state index in [-0.39, 0.29) is 12.0 Å². The van der Waals surface area contributed by atoms with Gasteiger partial charge in [-0.2, -0.15) is 0 Å².